The largest absolute Gasteiger partial charge is 0.457 e. The topological polar surface area (TPSA) is 35.5 Å². The number of ether oxygens (including phenoxy) is 2. The van der Waals surface area contributed by atoms with Crippen LogP contribution in [0.5, 0.6) is 23.0 Å². The van der Waals surface area contributed by atoms with Crippen LogP contribution in [-0.4, -0.2) is 6.29 Å². The molecule has 136 valence electrons. The van der Waals surface area contributed by atoms with Crippen molar-refractivity contribution < 1.29 is 14.3 Å². The second-order valence-corrected chi connectivity index (χ2v) is 6.25. The second-order valence-electron chi connectivity index (χ2n) is 6.25. The summed E-state index contributed by atoms with van der Waals surface area (Å²) in [5.41, 5.74) is 2.79. The van der Waals surface area contributed by atoms with E-state index < -0.39 is 0 Å². The summed E-state index contributed by atoms with van der Waals surface area (Å²) in [5.74, 6) is 3.05. The van der Waals surface area contributed by atoms with Crippen LogP contribution in [0.15, 0.2) is 103 Å². The maximum absolute atomic E-state index is 10.8. The standard InChI is InChI=1S/C25H18O3/c26-18-19-6-8-20(9-7-19)21-10-12-23(13-11-21)28-25-16-14-24(15-17-25)27-22-4-2-1-3-5-22/h1-18H. The van der Waals surface area contributed by atoms with Crippen molar-refractivity contribution in [3.8, 4) is 34.1 Å². The Hall–Kier alpha value is -3.85. The van der Waals surface area contributed by atoms with E-state index in [0.717, 1.165) is 40.4 Å². The quantitative estimate of drug-likeness (QED) is 0.354. The molecule has 0 radical (unpaired) electrons. The summed E-state index contributed by atoms with van der Waals surface area (Å²) >= 11 is 0. The molecule has 0 saturated carbocycles. The first-order valence-electron chi connectivity index (χ1n) is 8.97. The lowest BCUT2D eigenvalue weighted by Crippen LogP contribution is -1.87. The number of para-hydroxylation sites is 1. The SMILES string of the molecule is O=Cc1ccc(-c2ccc(Oc3ccc(Oc4ccccc4)cc3)cc2)cc1. The van der Waals surface area contributed by atoms with Crippen LogP contribution in [0.3, 0.4) is 0 Å². The first-order chi connectivity index (χ1) is 13.8. The third-order valence-electron chi connectivity index (χ3n) is 4.27. The molecule has 0 aromatic heterocycles. The lowest BCUT2D eigenvalue weighted by molar-refractivity contribution is 0.112. The molecule has 4 aromatic rings. The molecule has 0 fully saturated rings. The maximum Gasteiger partial charge on any atom is 0.150 e. The molecule has 3 heteroatoms. The summed E-state index contributed by atoms with van der Waals surface area (Å²) in [5, 5.41) is 0. The Kier molecular flexibility index (Phi) is 5.16. The fourth-order valence-electron chi connectivity index (χ4n) is 2.81. The van der Waals surface area contributed by atoms with Crippen LogP contribution in [0.1, 0.15) is 10.4 Å². The van der Waals surface area contributed by atoms with E-state index in [1.807, 2.05) is 103 Å². The molecule has 0 bridgehead atoms. The van der Waals surface area contributed by atoms with Crippen molar-refractivity contribution in [2.75, 3.05) is 0 Å². The van der Waals surface area contributed by atoms with Crippen molar-refractivity contribution in [3.05, 3.63) is 109 Å². The first-order valence-corrected chi connectivity index (χ1v) is 8.97. The number of carbonyl (C=O) groups excluding carboxylic acids is 1. The van der Waals surface area contributed by atoms with Gasteiger partial charge in [0.25, 0.3) is 0 Å². The van der Waals surface area contributed by atoms with Gasteiger partial charge in [-0.2, -0.15) is 0 Å². The molecule has 0 spiro atoms. The molecule has 0 amide bonds. The Balaban J connectivity index is 1.41. The van der Waals surface area contributed by atoms with Crippen LogP contribution in [0, 0.1) is 0 Å². The predicted octanol–water partition coefficient (Wildman–Crippen LogP) is 6.75. The molecule has 0 atom stereocenters. The number of aldehydes is 1. The minimum absolute atomic E-state index is 0.670. The van der Waals surface area contributed by atoms with Gasteiger partial charge in [0.2, 0.25) is 0 Å². The predicted molar refractivity (Wildman–Crippen MR) is 110 cm³/mol. The number of carbonyl (C=O) groups is 1. The van der Waals surface area contributed by atoms with Gasteiger partial charge >= 0.3 is 0 Å². The molecule has 0 aliphatic carbocycles. The summed E-state index contributed by atoms with van der Waals surface area (Å²) in [6, 6.07) is 32.5. The van der Waals surface area contributed by atoms with Gasteiger partial charge < -0.3 is 9.47 Å². The highest BCUT2D eigenvalue weighted by molar-refractivity contribution is 5.77. The Labute approximate surface area is 163 Å². The van der Waals surface area contributed by atoms with Crippen molar-refractivity contribution in [1.29, 1.82) is 0 Å². The number of hydrogen-bond donors (Lipinski definition) is 0. The van der Waals surface area contributed by atoms with Crippen molar-refractivity contribution in [2.24, 2.45) is 0 Å². The molecule has 0 aliphatic heterocycles. The van der Waals surface area contributed by atoms with Crippen LogP contribution in [-0.2, 0) is 0 Å². The Bertz CT molecular complexity index is 1040. The number of hydrogen-bond acceptors (Lipinski definition) is 3. The van der Waals surface area contributed by atoms with Crippen molar-refractivity contribution in [3.63, 3.8) is 0 Å². The minimum atomic E-state index is 0.670. The van der Waals surface area contributed by atoms with E-state index in [1.165, 1.54) is 0 Å². The fraction of sp³-hybridized carbons (Fsp3) is 0. The van der Waals surface area contributed by atoms with Gasteiger partial charge in [-0.3, -0.25) is 4.79 Å². The first kappa shape index (κ1) is 17.6. The highest BCUT2D eigenvalue weighted by atomic mass is 16.5. The van der Waals surface area contributed by atoms with Crippen LogP contribution < -0.4 is 9.47 Å². The van der Waals surface area contributed by atoms with Crippen LogP contribution in [0.4, 0.5) is 0 Å². The molecule has 28 heavy (non-hydrogen) atoms. The molecular formula is C25H18O3. The van der Waals surface area contributed by atoms with E-state index in [-0.39, 0.29) is 0 Å². The van der Waals surface area contributed by atoms with Crippen LogP contribution in [0.2, 0.25) is 0 Å². The summed E-state index contributed by atoms with van der Waals surface area (Å²) in [6.45, 7) is 0. The normalized spacial score (nSPS) is 10.3. The van der Waals surface area contributed by atoms with E-state index in [1.54, 1.807) is 0 Å². The van der Waals surface area contributed by atoms with Crippen molar-refractivity contribution >= 4 is 6.29 Å². The monoisotopic (exact) mass is 366 g/mol. The van der Waals surface area contributed by atoms with Gasteiger partial charge in [-0.15, -0.1) is 0 Å². The average Bonchev–Trinajstić information content (AvgIpc) is 2.76. The number of rotatable bonds is 6. The summed E-state index contributed by atoms with van der Waals surface area (Å²) < 4.78 is 11.7. The van der Waals surface area contributed by atoms with Gasteiger partial charge in [-0.25, -0.2) is 0 Å². The van der Waals surface area contributed by atoms with E-state index in [9.17, 15) is 4.79 Å². The summed E-state index contributed by atoms with van der Waals surface area (Å²) in [4.78, 5) is 10.8. The maximum atomic E-state index is 10.8. The van der Waals surface area contributed by atoms with Gasteiger partial charge in [-0.1, -0.05) is 54.6 Å². The zero-order chi connectivity index (χ0) is 19.2. The highest BCUT2D eigenvalue weighted by Gasteiger charge is 2.02. The minimum Gasteiger partial charge on any atom is -0.457 e. The van der Waals surface area contributed by atoms with Gasteiger partial charge in [0.1, 0.15) is 29.3 Å². The lowest BCUT2D eigenvalue weighted by Gasteiger charge is -2.09. The molecular weight excluding hydrogens is 348 g/mol. The molecule has 0 heterocycles. The van der Waals surface area contributed by atoms with Crippen molar-refractivity contribution in [1.82, 2.24) is 0 Å². The average molecular weight is 366 g/mol. The molecule has 0 saturated heterocycles. The second kappa shape index (κ2) is 8.23. The zero-order valence-electron chi connectivity index (χ0n) is 15.1. The van der Waals surface area contributed by atoms with Crippen LogP contribution in [0.25, 0.3) is 11.1 Å². The Morgan fingerprint density at radius 3 is 1.32 bits per heavy atom. The Morgan fingerprint density at radius 1 is 0.464 bits per heavy atom. The third-order valence-corrected chi connectivity index (χ3v) is 4.27. The summed E-state index contributed by atoms with van der Waals surface area (Å²) in [6.07, 6.45) is 0.844. The molecule has 0 unspecified atom stereocenters. The summed E-state index contributed by atoms with van der Waals surface area (Å²) in [7, 11) is 0. The van der Waals surface area contributed by atoms with Gasteiger partial charge in [-0.05, 0) is 59.7 Å². The molecule has 4 aromatic carbocycles. The fourth-order valence-corrected chi connectivity index (χ4v) is 2.81. The lowest BCUT2D eigenvalue weighted by atomic mass is 10.0. The third kappa shape index (κ3) is 4.27. The van der Waals surface area contributed by atoms with E-state index in [0.29, 0.717) is 5.56 Å². The van der Waals surface area contributed by atoms with Gasteiger partial charge in [0.05, 0.1) is 0 Å². The smallest absolute Gasteiger partial charge is 0.150 e. The highest BCUT2D eigenvalue weighted by Crippen LogP contribution is 2.28. The van der Waals surface area contributed by atoms with Crippen LogP contribution >= 0.6 is 0 Å². The van der Waals surface area contributed by atoms with E-state index >= 15 is 0 Å². The zero-order valence-corrected chi connectivity index (χ0v) is 15.1. The van der Waals surface area contributed by atoms with Crippen molar-refractivity contribution in [2.45, 2.75) is 0 Å². The Morgan fingerprint density at radius 2 is 0.857 bits per heavy atom. The van der Waals surface area contributed by atoms with E-state index in [4.69, 9.17) is 9.47 Å². The molecule has 0 N–H and O–H groups in total. The number of benzene rings is 4. The van der Waals surface area contributed by atoms with Gasteiger partial charge in [0, 0.05) is 5.56 Å². The molecule has 0 aliphatic rings. The molecule has 4 rings (SSSR count). The molecule has 3 nitrogen and oxygen atoms in total. The van der Waals surface area contributed by atoms with E-state index in [2.05, 4.69) is 0 Å². The van der Waals surface area contributed by atoms with Gasteiger partial charge in [0.15, 0.2) is 0 Å².